The number of nitrogens with one attached hydrogen (secondary N) is 1. The van der Waals surface area contributed by atoms with E-state index in [9.17, 15) is 4.79 Å². The van der Waals surface area contributed by atoms with E-state index in [0.29, 0.717) is 6.54 Å². The van der Waals surface area contributed by atoms with Crippen LogP contribution < -0.4 is 5.32 Å². The van der Waals surface area contributed by atoms with Crippen LogP contribution in [0.2, 0.25) is 0 Å². The molecule has 1 atom stereocenters. The molecular formula is C17H23N5O. The molecule has 1 aromatic carbocycles. The molecule has 3 rings (SSSR count). The van der Waals surface area contributed by atoms with Crippen LogP contribution in [0.4, 0.5) is 0 Å². The molecule has 1 N–H and O–H groups in total. The summed E-state index contributed by atoms with van der Waals surface area (Å²) in [6, 6.07) is 10.7. The minimum absolute atomic E-state index is 0.0339. The number of rotatable bonds is 6. The van der Waals surface area contributed by atoms with Gasteiger partial charge in [0, 0.05) is 12.7 Å². The van der Waals surface area contributed by atoms with Crippen LogP contribution in [0.15, 0.2) is 42.7 Å². The minimum atomic E-state index is -0.0339. The highest BCUT2D eigenvalue weighted by Gasteiger charge is 2.22. The molecule has 6 heteroatoms. The Balaban J connectivity index is 1.62. The van der Waals surface area contributed by atoms with Gasteiger partial charge in [0.1, 0.15) is 6.54 Å². The second kappa shape index (κ2) is 7.87. The number of amides is 1. The molecule has 0 unspecified atom stereocenters. The number of benzene rings is 1. The van der Waals surface area contributed by atoms with Gasteiger partial charge in [0.25, 0.3) is 0 Å². The zero-order valence-corrected chi connectivity index (χ0v) is 13.3. The van der Waals surface area contributed by atoms with E-state index in [1.54, 1.807) is 12.4 Å². The van der Waals surface area contributed by atoms with Crippen LogP contribution in [0.1, 0.15) is 30.9 Å². The molecule has 0 aliphatic carbocycles. The summed E-state index contributed by atoms with van der Waals surface area (Å²) in [5.41, 5.74) is 1.26. The van der Waals surface area contributed by atoms with Crippen molar-refractivity contribution in [2.24, 2.45) is 0 Å². The molecule has 1 aliphatic heterocycles. The molecule has 1 aromatic heterocycles. The van der Waals surface area contributed by atoms with E-state index in [2.05, 4.69) is 44.8 Å². The number of aromatic nitrogens is 3. The maximum Gasteiger partial charge on any atom is 0.241 e. The molecule has 1 saturated heterocycles. The van der Waals surface area contributed by atoms with E-state index >= 15 is 0 Å². The number of hydrogen-bond acceptors (Lipinski definition) is 4. The Kier molecular flexibility index (Phi) is 5.37. The third-order valence-corrected chi connectivity index (χ3v) is 4.29. The minimum Gasteiger partial charge on any atom is -0.353 e. The van der Waals surface area contributed by atoms with Gasteiger partial charge in [-0.1, -0.05) is 42.0 Å². The van der Waals surface area contributed by atoms with Gasteiger partial charge in [-0.15, -0.1) is 5.10 Å². The van der Waals surface area contributed by atoms with Crippen LogP contribution in [0, 0.1) is 0 Å². The van der Waals surface area contributed by atoms with E-state index in [1.807, 2.05) is 6.07 Å². The number of carbonyl (C=O) groups excluding carboxylic acids is 1. The molecule has 2 aromatic rings. The van der Waals surface area contributed by atoms with Crippen LogP contribution in [0.25, 0.3) is 0 Å². The van der Waals surface area contributed by atoms with Gasteiger partial charge < -0.3 is 5.32 Å². The molecule has 0 radical (unpaired) electrons. The normalized spacial score (nSPS) is 16.9. The molecule has 0 saturated carbocycles. The molecule has 0 spiro atoms. The Morgan fingerprint density at radius 1 is 1.17 bits per heavy atom. The Morgan fingerprint density at radius 3 is 2.65 bits per heavy atom. The summed E-state index contributed by atoms with van der Waals surface area (Å²) in [5.74, 6) is -0.0339. The van der Waals surface area contributed by atoms with Gasteiger partial charge >= 0.3 is 0 Å². The summed E-state index contributed by atoms with van der Waals surface area (Å²) in [6.45, 7) is 3.02. The van der Waals surface area contributed by atoms with Crippen molar-refractivity contribution in [2.75, 3.05) is 19.6 Å². The lowest BCUT2D eigenvalue weighted by Gasteiger charge is -2.35. The van der Waals surface area contributed by atoms with Crippen molar-refractivity contribution in [1.82, 2.24) is 25.2 Å². The van der Waals surface area contributed by atoms with Gasteiger partial charge in [-0.2, -0.15) is 0 Å². The average molecular weight is 313 g/mol. The van der Waals surface area contributed by atoms with Crippen molar-refractivity contribution in [3.05, 3.63) is 48.3 Å². The standard InChI is InChI=1S/C17H23N5O/c23-17(14-22-12-9-19-20-22)18-13-16(15-7-3-1-4-8-15)21-10-5-2-6-11-21/h1,3-4,7-9,12,16H,2,5-6,10-11,13-14H2,(H,18,23)/t16-/m0/s1. The predicted molar refractivity (Wildman–Crippen MR) is 87.6 cm³/mol. The molecule has 23 heavy (non-hydrogen) atoms. The predicted octanol–water partition coefficient (Wildman–Crippen LogP) is 1.62. The van der Waals surface area contributed by atoms with E-state index in [4.69, 9.17) is 0 Å². The summed E-state index contributed by atoms with van der Waals surface area (Å²) in [5, 5.41) is 10.6. The molecule has 1 fully saturated rings. The number of hydrogen-bond donors (Lipinski definition) is 1. The molecule has 6 nitrogen and oxygen atoms in total. The van der Waals surface area contributed by atoms with Crippen molar-refractivity contribution >= 4 is 5.91 Å². The van der Waals surface area contributed by atoms with Gasteiger partial charge in [-0.25, -0.2) is 4.68 Å². The number of piperidine rings is 1. The second-order valence-electron chi connectivity index (χ2n) is 5.93. The quantitative estimate of drug-likeness (QED) is 0.880. The van der Waals surface area contributed by atoms with Gasteiger partial charge in [-0.3, -0.25) is 9.69 Å². The highest BCUT2D eigenvalue weighted by atomic mass is 16.2. The second-order valence-corrected chi connectivity index (χ2v) is 5.93. The van der Waals surface area contributed by atoms with Gasteiger partial charge in [0.05, 0.1) is 12.2 Å². The first-order valence-electron chi connectivity index (χ1n) is 8.23. The number of likely N-dealkylation sites (tertiary alicyclic amines) is 1. The van der Waals surface area contributed by atoms with Gasteiger partial charge in [0.2, 0.25) is 5.91 Å². The zero-order chi connectivity index (χ0) is 15.9. The van der Waals surface area contributed by atoms with E-state index in [1.165, 1.54) is 29.5 Å². The fraction of sp³-hybridized carbons (Fsp3) is 0.471. The van der Waals surface area contributed by atoms with Crippen molar-refractivity contribution < 1.29 is 4.79 Å². The molecular weight excluding hydrogens is 290 g/mol. The van der Waals surface area contributed by atoms with E-state index < -0.39 is 0 Å². The summed E-state index contributed by atoms with van der Waals surface area (Å²) in [6.07, 6.45) is 7.04. The topological polar surface area (TPSA) is 63.1 Å². The fourth-order valence-electron chi connectivity index (χ4n) is 3.09. The lowest BCUT2D eigenvalue weighted by molar-refractivity contribution is -0.122. The summed E-state index contributed by atoms with van der Waals surface area (Å²) in [4.78, 5) is 14.6. The van der Waals surface area contributed by atoms with Crippen LogP contribution in [0.3, 0.4) is 0 Å². The maximum absolute atomic E-state index is 12.1. The Bertz CT molecular complexity index is 593. The lowest BCUT2D eigenvalue weighted by atomic mass is 10.0. The fourth-order valence-corrected chi connectivity index (χ4v) is 3.09. The Hall–Kier alpha value is -2.21. The van der Waals surface area contributed by atoms with Crippen LogP contribution in [0.5, 0.6) is 0 Å². The molecule has 1 amide bonds. The third kappa shape index (κ3) is 4.39. The van der Waals surface area contributed by atoms with Crippen molar-refractivity contribution in [2.45, 2.75) is 31.8 Å². The number of carbonyl (C=O) groups is 1. The monoisotopic (exact) mass is 313 g/mol. The third-order valence-electron chi connectivity index (χ3n) is 4.29. The van der Waals surface area contributed by atoms with E-state index in [0.717, 1.165) is 13.1 Å². The molecule has 0 bridgehead atoms. The lowest BCUT2D eigenvalue weighted by Crippen LogP contribution is -2.41. The number of nitrogens with zero attached hydrogens (tertiary/aromatic N) is 4. The van der Waals surface area contributed by atoms with Crippen LogP contribution >= 0.6 is 0 Å². The van der Waals surface area contributed by atoms with Crippen molar-refractivity contribution in [3.8, 4) is 0 Å². The highest BCUT2D eigenvalue weighted by molar-refractivity contribution is 5.75. The maximum atomic E-state index is 12.1. The van der Waals surface area contributed by atoms with Gasteiger partial charge in [-0.05, 0) is 31.5 Å². The highest BCUT2D eigenvalue weighted by Crippen LogP contribution is 2.23. The first-order valence-corrected chi connectivity index (χ1v) is 8.23. The summed E-state index contributed by atoms with van der Waals surface area (Å²) in [7, 11) is 0. The SMILES string of the molecule is O=C(Cn1ccnn1)NC[C@@H](c1ccccc1)N1CCCCC1. The van der Waals surface area contributed by atoms with Crippen molar-refractivity contribution in [3.63, 3.8) is 0 Å². The van der Waals surface area contributed by atoms with Crippen LogP contribution in [-0.4, -0.2) is 45.4 Å². The molecule has 2 heterocycles. The molecule has 1 aliphatic rings. The van der Waals surface area contributed by atoms with Crippen molar-refractivity contribution in [1.29, 1.82) is 0 Å². The van der Waals surface area contributed by atoms with Crippen LogP contribution in [-0.2, 0) is 11.3 Å². The first-order chi connectivity index (χ1) is 11.3. The summed E-state index contributed by atoms with van der Waals surface area (Å²) >= 11 is 0. The zero-order valence-electron chi connectivity index (χ0n) is 13.3. The molecule has 122 valence electrons. The largest absolute Gasteiger partial charge is 0.353 e. The Labute approximate surface area is 136 Å². The average Bonchev–Trinajstić information content (AvgIpc) is 3.10. The Morgan fingerprint density at radius 2 is 1.96 bits per heavy atom. The smallest absolute Gasteiger partial charge is 0.241 e. The van der Waals surface area contributed by atoms with Gasteiger partial charge in [0.15, 0.2) is 0 Å². The first kappa shape index (κ1) is 15.7. The summed E-state index contributed by atoms with van der Waals surface area (Å²) < 4.78 is 1.54. The van der Waals surface area contributed by atoms with E-state index in [-0.39, 0.29) is 18.5 Å².